The molecule has 0 aromatic heterocycles. The maximum atomic E-state index is 11.9. The highest BCUT2D eigenvalue weighted by Gasteiger charge is 2.34. The third kappa shape index (κ3) is 3.68. The summed E-state index contributed by atoms with van der Waals surface area (Å²) in [5, 5.41) is 9.71. The zero-order valence-corrected chi connectivity index (χ0v) is 13.6. The number of carbonyl (C=O) groups is 2. The van der Waals surface area contributed by atoms with E-state index in [0.717, 1.165) is 5.56 Å². The molecule has 1 fully saturated rings. The summed E-state index contributed by atoms with van der Waals surface area (Å²) in [7, 11) is 0. The molecule has 1 amide bonds. The number of hydrogen-bond acceptors (Lipinski definition) is 3. The first kappa shape index (κ1) is 16.3. The number of carbonyl (C=O) groups excluding carboxylic acids is 1. The quantitative estimate of drug-likeness (QED) is 0.902. The lowest BCUT2D eigenvalue weighted by Crippen LogP contribution is -2.25. The molecule has 0 unspecified atom stereocenters. The molecule has 24 heavy (non-hydrogen) atoms. The summed E-state index contributed by atoms with van der Waals surface area (Å²) in [6.07, 6.45) is 0.0458. The van der Waals surface area contributed by atoms with Crippen LogP contribution in [0.1, 0.15) is 12.0 Å². The Morgan fingerprint density at radius 1 is 1.17 bits per heavy atom. The first-order chi connectivity index (χ1) is 11.5. The van der Waals surface area contributed by atoms with Gasteiger partial charge in [-0.3, -0.25) is 9.59 Å². The van der Waals surface area contributed by atoms with Crippen LogP contribution in [0.5, 0.6) is 5.75 Å². The van der Waals surface area contributed by atoms with Crippen molar-refractivity contribution in [1.29, 1.82) is 0 Å². The Bertz CT molecular complexity index is 743. The first-order valence-corrected chi connectivity index (χ1v) is 7.91. The van der Waals surface area contributed by atoms with Crippen LogP contribution in [0.3, 0.4) is 0 Å². The van der Waals surface area contributed by atoms with E-state index in [9.17, 15) is 9.59 Å². The number of halogens is 1. The second-order valence-corrected chi connectivity index (χ2v) is 6.09. The number of nitrogens with zero attached hydrogens (tertiary/aromatic N) is 1. The normalized spacial score (nSPS) is 17.1. The zero-order valence-electron chi connectivity index (χ0n) is 12.8. The molecule has 0 spiro atoms. The van der Waals surface area contributed by atoms with Crippen molar-refractivity contribution >= 4 is 29.2 Å². The molecule has 2 aromatic carbocycles. The smallest absolute Gasteiger partial charge is 0.308 e. The van der Waals surface area contributed by atoms with Crippen molar-refractivity contribution in [1.82, 2.24) is 0 Å². The van der Waals surface area contributed by atoms with Crippen LogP contribution in [0.15, 0.2) is 48.5 Å². The molecule has 2 aromatic rings. The van der Waals surface area contributed by atoms with E-state index in [1.165, 1.54) is 4.90 Å². The fourth-order valence-electron chi connectivity index (χ4n) is 2.59. The van der Waals surface area contributed by atoms with Gasteiger partial charge in [0.05, 0.1) is 5.92 Å². The van der Waals surface area contributed by atoms with Gasteiger partial charge >= 0.3 is 5.97 Å². The van der Waals surface area contributed by atoms with E-state index in [-0.39, 0.29) is 18.9 Å². The molecule has 6 heteroatoms. The van der Waals surface area contributed by atoms with Crippen molar-refractivity contribution in [3.8, 4) is 5.75 Å². The summed E-state index contributed by atoms with van der Waals surface area (Å²) < 4.78 is 5.70. The number of amides is 1. The van der Waals surface area contributed by atoms with E-state index in [4.69, 9.17) is 21.4 Å². The van der Waals surface area contributed by atoms with Gasteiger partial charge in [-0.05, 0) is 42.0 Å². The number of ether oxygens (including phenoxy) is 1. The average Bonchev–Trinajstić information content (AvgIpc) is 2.97. The van der Waals surface area contributed by atoms with Crippen LogP contribution in [0, 0.1) is 5.92 Å². The summed E-state index contributed by atoms with van der Waals surface area (Å²) in [5.41, 5.74) is 1.69. The molecular weight excluding hydrogens is 330 g/mol. The summed E-state index contributed by atoms with van der Waals surface area (Å²) in [6.45, 7) is 0.624. The molecule has 5 nitrogen and oxygen atoms in total. The predicted molar refractivity (Wildman–Crippen MR) is 90.3 cm³/mol. The van der Waals surface area contributed by atoms with Crippen LogP contribution < -0.4 is 9.64 Å². The molecule has 124 valence electrons. The van der Waals surface area contributed by atoms with Crippen molar-refractivity contribution in [2.75, 3.05) is 11.4 Å². The van der Waals surface area contributed by atoms with Crippen molar-refractivity contribution in [3.05, 3.63) is 59.1 Å². The first-order valence-electron chi connectivity index (χ1n) is 7.53. The van der Waals surface area contributed by atoms with Crippen molar-refractivity contribution < 1.29 is 19.4 Å². The monoisotopic (exact) mass is 345 g/mol. The van der Waals surface area contributed by atoms with E-state index in [2.05, 4.69) is 0 Å². The summed E-state index contributed by atoms with van der Waals surface area (Å²) in [4.78, 5) is 24.4. The second-order valence-electron chi connectivity index (χ2n) is 5.65. The summed E-state index contributed by atoms with van der Waals surface area (Å²) >= 11 is 5.84. The SMILES string of the molecule is O=C(O)[C@H]1CC(=O)N(c2ccc(OCc3ccc(Cl)cc3)cc2)C1. The molecule has 0 radical (unpaired) electrons. The fourth-order valence-corrected chi connectivity index (χ4v) is 2.72. The number of anilines is 1. The Labute approximate surface area is 144 Å². The van der Waals surface area contributed by atoms with Crippen LogP contribution in [-0.4, -0.2) is 23.5 Å². The van der Waals surface area contributed by atoms with Gasteiger partial charge in [-0.25, -0.2) is 0 Å². The Morgan fingerprint density at radius 3 is 2.42 bits per heavy atom. The summed E-state index contributed by atoms with van der Waals surface area (Å²) in [5.74, 6) is -1.07. The number of carboxylic acids is 1. The highest BCUT2D eigenvalue weighted by molar-refractivity contribution is 6.30. The number of benzene rings is 2. The van der Waals surface area contributed by atoms with Crippen LogP contribution in [0.2, 0.25) is 5.02 Å². The molecule has 1 aliphatic heterocycles. The lowest BCUT2D eigenvalue weighted by molar-refractivity contribution is -0.141. The third-order valence-corrected chi connectivity index (χ3v) is 4.19. The Balaban J connectivity index is 1.62. The standard InChI is InChI=1S/C18H16ClNO4/c19-14-3-1-12(2-4-14)11-24-16-7-5-15(6-8-16)20-10-13(18(22)23)9-17(20)21/h1-8,13H,9-11H2,(H,22,23)/t13-/m0/s1. The van der Waals surface area contributed by atoms with Crippen LogP contribution in [0.4, 0.5) is 5.69 Å². The molecule has 1 atom stereocenters. The van der Waals surface area contributed by atoms with Gasteiger partial charge in [-0.2, -0.15) is 0 Å². The van der Waals surface area contributed by atoms with E-state index in [1.807, 2.05) is 12.1 Å². The lowest BCUT2D eigenvalue weighted by atomic mass is 10.1. The highest BCUT2D eigenvalue weighted by atomic mass is 35.5. The average molecular weight is 346 g/mol. The molecule has 3 rings (SSSR count). The topological polar surface area (TPSA) is 66.8 Å². The molecule has 0 bridgehead atoms. The van der Waals surface area contributed by atoms with Gasteiger partial charge in [0.1, 0.15) is 12.4 Å². The van der Waals surface area contributed by atoms with Gasteiger partial charge in [0.15, 0.2) is 0 Å². The van der Waals surface area contributed by atoms with E-state index < -0.39 is 11.9 Å². The van der Waals surface area contributed by atoms with E-state index >= 15 is 0 Å². The molecular formula is C18H16ClNO4. The second kappa shape index (κ2) is 6.93. The van der Waals surface area contributed by atoms with Gasteiger partial charge in [0.2, 0.25) is 5.91 Å². The largest absolute Gasteiger partial charge is 0.489 e. The maximum absolute atomic E-state index is 11.9. The third-order valence-electron chi connectivity index (χ3n) is 3.94. The van der Waals surface area contributed by atoms with Crippen LogP contribution >= 0.6 is 11.6 Å². The minimum atomic E-state index is -0.936. The summed E-state index contributed by atoms with van der Waals surface area (Å²) in [6, 6.07) is 14.5. The van der Waals surface area contributed by atoms with Crippen LogP contribution in [0.25, 0.3) is 0 Å². The fraction of sp³-hybridized carbons (Fsp3) is 0.222. The number of rotatable bonds is 5. The maximum Gasteiger partial charge on any atom is 0.308 e. The number of aliphatic carboxylic acids is 1. The predicted octanol–water partition coefficient (Wildman–Crippen LogP) is 3.36. The molecule has 0 saturated carbocycles. The highest BCUT2D eigenvalue weighted by Crippen LogP contribution is 2.27. The Morgan fingerprint density at radius 2 is 1.83 bits per heavy atom. The van der Waals surface area contributed by atoms with Crippen LogP contribution in [-0.2, 0) is 16.2 Å². The molecule has 1 aliphatic rings. The van der Waals surface area contributed by atoms with Gasteiger partial charge in [0.25, 0.3) is 0 Å². The Kier molecular flexibility index (Phi) is 4.71. The molecule has 1 N–H and O–H groups in total. The minimum absolute atomic E-state index is 0.0458. The van der Waals surface area contributed by atoms with Crippen molar-refractivity contribution in [2.24, 2.45) is 5.92 Å². The molecule has 1 saturated heterocycles. The minimum Gasteiger partial charge on any atom is -0.489 e. The van der Waals surface area contributed by atoms with Gasteiger partial charge in [-0.1, -0.05) is 23.7 Å². The van der Waals surface area contributed by atoms with E-state index in [1.54, 1.807) is 36.4 Å². The van der Waals surface area contributed by atoms with Gasteiger partial charge in [-0.15, -0.1) is 0 Å². The van der Waals surface area contributed by atoms with Crippen molar-refractivity contribution in [3.63, 3.8) is 0 Å². The lowest BCUT2D eigenvalue weighted by Gasteiger charge is -2.16. The zero-order chi connectivity index (χ0) is 17.1. The number of hydrogen-bond donors (Lipinski definition) is 1. The van der Waals surface area contributed by atoms with Crippen molar-refractivity contribution in [2.45, 2.75) is 13.0 Å². The Hall–Kier alpha value is -2.53. The van der Waals surface area contributed by atoms with Gasteiger partial charge < -0.3 is 14.7 Å². The van der Waals surface area contributed by atoms with E-state index in [0.29, 0.717) is 23.1 Å². The molecule has 1 heterocycles. The molecule has 0 aliphatic carbocycles. The number of carboxylic acid groups (broad SMARTS) is 1. The van der Waals surface area contributed by atoms with Gasteiger partial charge in [0, 0.05) is 23.7 Å².